The molecule has 1 aliphatic heterocycles. The van der Waals surface area contributed by atoms with Gasteiger partial charge in [-0.2, -0.15) is 0 Å². The summed E-state index contributed by atoms with van der Waals surface area (Å²) in [6, 6.07) is -0.0200. The van der Waals surface area contributed by atoms with Crippen molar-refractivity contribution in [2.24, 2.45) is 4.99 Å². The average molecular weight is 432 g/mol. The highest BCUT2D eigenvalue weighted by atomic mass is 127. The summed E-state index contributed by atoms with van der Waals surface area (Å²) in [6.45, 7) is 10.6. The number of nitrogens with one attached hydrogen (secondary N) is 3. The number of guanidine groups is 1. The Morgan fingerprint density at radius 3 is 2.48 bits per heavy atom. The lowest BCUT2D eigenvalue weighted by Gasteiger charge is -2.20. The van der Waals surface area contributed by atoms with Crippen LogP contribution in [-0.4, -0.2) is 57.1 Å². The van der Waals surface area contributed by atoms with Crippen LogP contribution in [0.2, 0.25) is 0 Å². The zero-order chi connectivity index (χ0) is 15.2. The maximum atomic E-state index is 11.4. The Morgan fingerprint density at radius 2 is 2.00 bits per heavy atom. The van der Waals surface area contributed by atoms with Gasteiger partial charge in [-0.25, -0.2) is 8.42 Å². The molecular formula is C13H29IN4O2S. The Labute approximate surface area is 145 Å². The Kier molecular flexibility index (Phi) is 9.10. The number of nitrogens with zero attached hydrogens (tertiary/aromatic N) is 1. The fourth-order valence-electron chi connectivity index (χ4n) is 2.02. The number of sulfone groups is 1. The van der Waals surface area contributed by atoms with Crippen LogP contribution in [0.4, 0.5) is 0 Å². The first-order valence-electron chi connectivity index (χ1n) is 7.22. The van der Waals surface area contributed by atoms with Gasteiger partial charge in [0.05, 0.1) is 18.1 Å². The van der Waals surface area contributed by atoms with Crippen molar-refractivity contribution in [3.8, 4) is 0 Å². The van der Waals surface area contributed by atoms with Crippen molar-refractivity contribution < 1.29 is 8.42 Å². The minimum atomic E-state index is -2.86. The lowest BCUT2D eigenvalue weighted by molar-refractivity contribution is 0.432. The Bertz CT molecular complexity index is 432. The van der Waals surface area contributed by atoms with E-state index in [1.54, 1.807) is 0 Å². The zero-order valence-electron chi connectivity index (χ0n) is 13.4. The highest BCUT2D eigenvalue weighted by molar-refractivity contribution is 14.0. The van der Waals surface area contributed by atoms with Crippen LogP contribution in [0.15, 0.2) is 4.99 Å². The van der Waals surface area contributed by atoms with Gasteiger partial charge in [-0.1, -0.05) is 0 Å². The summed E-state index contributed by atoms with van der Waals surface area (Å²) < 4.78 is 22.9. The minimum Gasteiger partial charge on any atom is -0.357 e. The van der Waals surface area contributed by atoms with Crippen LogP contribution in [0.25, 0.3) is 0 Å². The smallest absolute Gasteiger partial charge is 0.191 e. The van der Waals surface area contributed by atoms with E-state index < -0.39 is 9.84 Å². The molecule has 21 heavy (non-hydrogen) atoms. The lowest BCUT2D eigenvalue weighted by atomic mass is 10.1. The van der Waals surface area contributed by atoms with Gasteiger partial charge < -0.3 is 16.0 Å². The standard InChI is InChI=1S/C13H28N4O2S.HI/c1-5-14-12(15-7-8-16-13(2,3)4)17-11-6-9-20(18,19)10-11;/h11,16H,5-10H2,1-4H3,(H2,14,15,17);1H. The SMILES string of the molecule is CCNC(=NCCNC(C)(C)C)NC1CCS(=O)(=O)C1.I. The molecule has 6 nitrogen and oxygen atoms in total. The number of hydrogen-bond donors (Lipinski definition) is 3. The molecule has 1 unspecified atom stereocenters. The molecule has 0 bridgehead atoms. The molecule has 0 amide bonds. The number of rotatable bonds is 5. The summed E-state index contributed by atoms with van der Waals surface area (Å²) in [6.07, 6.45) is 0.660. The van der Waals surface area contributed by atoms with Crippen molar-refractivity contribution >= 4 is 39.8 Å². The van der Waals surface area contributed by atoms with Gasteiger partial charge in [-0.3, -0.25) is 4.99 Å². The second-order valence-corrected chi connectivity index (χ2v) is 8.41. The number of hydrogen-bond acceptors (Lipinski definition) is 4. The normalized spacial score (nSPS) is 21.7. The Balaban J connectivity index is 0.00000400. The monoisotopic (exact) mass is 432 g/mol. The van der Waals surface area contributed by atoms with Crippen molar-refractivity contribution in [3.05, 3.63) is 0 Å². The van der Waals surface area contributed by atoms with Crippen LogP contribution in [0.5, 0.6) is 0 Å². The quantitative estimate of drug-likeness (QED) is 0.258. The zero-order valence-corrected chi connectivity index (χ0v) is 16.5. The first-order chi connectivity index (χ1) is 9.22. The number of halogens is 1. The predicted molar refractivity (Wildman–Crippen MR) is 99.3 cm³/mol. The second-order valence-electron chi connectivity index (χ2n) is 6.18. The van der Waals surface area contributed by atoms with Crippen LogP contribution < -0.4 is 16.0 Å². The molecule has 126 valence electrons. The Morgan fingerprint density at radius 1 is 1.33 bits per heavy atom. The summed E-state index contributed by atoms with van der Waals surface area (Å²) >= 11 is 0. The molecule has 0 aliphatic carbocycles. The molecule has 1 aliphatic rings. The van der Waals surface area contributed by atoms with E-state index in [9.17, 15) is 8.42 Å². The predicted octanol–water partition coefficient (Wildman–Crippen LogP) is 0.735. The van der Waals surface area contributed by atoms with E-state index in [1.165, 1.54) is 0 Å². The fraction of sp³-hybridized carbons (Fsp3) is 0.923. The van der Waals surface area contributed by atoms with Gasteiger partial charge in [0.15, 0.2) is 15.8 Å². The van der Waals surface area contributed by atoms with Crippen LogP contribution in [0.1, 0.15) is 34.1 Å². The van der Waals surface area contributed by atoms with Crippen LogP contribution in [-0.2, 0) is 9.84 Å². The molecule has 0 aromatic carbocycles. The molecule has 0 aromatic heterocycles. The summed E-state index contributed by atoms with van der Waals surface area (Å²) in [5, 5.41) is 9.72. The van der Waals surface area contributed by atoms with E-state index in [4.69, 9.17) is 0 Å². The van der Waals surface area contributed by atoms with Crippen molar-refractivity contribution in [1.29, 1.82) is 0 Å². The second kappa shape index (κ2) is 9.14. The topological polar surface area (TPSA) is 82.6 Å². The van der Waals surface area contributed by atoms with Crippen molar-refractivity contribution in [3.63, 3.8) is 0 Å². The van der Waals surface area contributed by atoms with Gasteiger partial charge in [0.25, 0.3) is 0 Å². The molecule has 1 heterocycles. The van der Waals surface area contributed by atoms with Crippen molar-refractivity contribution in [1.82, 2.24) is 16.0 Å². The third-order valence-electron chi connectivity index (χ3n) is 2.95. The van der Waals surface area contributed by atoms with Crippen molar-refractivity contribution in [2.75, 3.05) is 31.1 Å². The molecule has 1 saturated heterocycles. The molecule has 8 heteroatoms. The molecule has 0 spiro atoms. The van der Waals surface area contributed by atoms with Gasteiger partial charge in [-0.15, -0.1) is 24.0 Å². The van der Waals surface area contributed by atoms with E-state index in [0.29, 0.717) is 18.9 Å². The Hall–Kier alpha value is -0.0900. The summed E-state index contributed by atoms with van der Waals surface area (Å²) in [4.78, 5) is 4.46. The van der Waals surface area contributed by atoms with E-state index >= 15 is 0 Å². The maximum absolute atomic E-state index is 11.4. The molecule has 0 saturated carbocycles. The first-order valence-corrected chi connectivity index (χ1v) is 9.04. The van der Waals surface area contributed by atoms with Gasteiger partial charge in [0.1, 0.15) is 0 Å². The molecule has 0 radical (unpaired) electrons. The maximum Gasteiger partial charge on any atom is 0.191 e. The van der Waals surface area contributed by atoms with E-state index in [2.05, 4.69) is 41.7 Å². The average Bonchev–Trinajstić information content (AvgIpc) is 2.63. The summed E-state index contributed by atoms with van der Waals surface area (Å²) in [5.41, 5.74) is 0.0842. The van der Waals surface area contributed by atoms with Gasteiger partial charge >= 0.3 is 0 Å². The largest absolute Gasteiger partial charge is 0.357 e. The third-order valence-corrected chi connectivity index (χ3v) is 4.72. The summed E-state index contributed by atoms with van der Waals surface area (Å²) in [7, 11) is -2.86. The van der Waals surface area contributed by atoms with E-state index in [0.717, 1.165) is 13.1 Å². The third kappa shape index (κ3) is 9.51. The molecular weight excluding hydrogens is 403 g/mol. The lowest BCUT2D eigenvalue weighted by Crippen LogP contribution is -2.44. The molecule has 1 fully saturated rings. The molecule has 0 aromatic rings. The first kappa shape index (κ1) is 20.9. The highest BCUT2D eigenvalue weighted by Crippen LogP contribution is 2.10. The van der Waals surface area contributed by atoms with Gasteiger partial charge in [0, 0.05) is 24.7 Å². The fourth-order valence-corrected chi connectivity index (χ4v) is 3.69. The highest BCUT2D eigenvalue weighted by Gasteiger charge is 2.28. The summed E-state index contributed by atoms with van der Waals surface area (Å²) in [5.74, 6) is 1.18. The molecule has 1 atom stereocenters. The molecule has 3 N–H and O–H groups in total. The minimum absolute atomic E-state index is 0. The van der Waals surface area contributed by atoms with E-state index in [1.807, 2.05) is 6.92 Å². The van der Waals surface area contributed by atoms with Crippen LogP contribution in [0.3, 0.4) is 0 Å². The van der Waals surface area contributed by atoms with Crippen LogP contribution in [0, 0.1) is 0 Å². The van der Waals surface area contributed by atoms with Crippen molar-refractivity contribution in [2.45, 2.75) is 45.7 Å². The van der Waals surface area contributed by atoms with Crippen LogP contribution >= 0.6 is 24.0 Å². The van der Waals surface area contributed by atoms with Gasteiger partial charge in [0.2, 0.25) is 0 Å². The van der Waals surface area contributed by atoms with E-state index in [-0.39, 0.29) is 47.1 Å². The molecule has 1 rings (SSSR count). The van der Waals surface area contributed by atoms with Gasteiger partial charge in [-0.05, 0) is 34.1 Å². The number of aliphatic imine (C=N–C) groups is 1.